The maximum Gasteiger partial charge on any atom is 0.0623 e. The van der Waals surface area contributed by atoms with Gasteiger partial charge in [-0.25, -0.2) is 0 Å². The van der Waals surface area contributed by atoms with Gasteiger partial charge in [-0.15, -0.1) is 0 Å². The van der Waals surface area contributed by atoms with Gasteiger partial charge in [0.2, 0.25) is 0 Å². The van der Waals surface area contributed by atoms with E-state index in [0.29, 0.717) is 6.04 Å². The predicted molar refractivity (Wildman–Crippen MR) is 61.6 cm³/mol. The predicted octanol–water partition coefficient (Wildman–Crippen LogP) is 2.14. The second kappa shape index (κ2) is 6.68. The number of hydrogen-bond donors (Lipinski definition) is 1. The number of methoxy groups -OCH3 is 1. The van der Waals surface area contributed by atoms with E-state index in [-0.39, 0.29) is 5.60 Å². The van der Waals surface area contributed by atoms with Crippen LogP contribution in [0.2, 0.25) is 0 Å². The molecule has 0 spiro atoms. The molecule has 1 atom stereocenters. The summed E-state index contributed by atoms with van der Waals surface area (Å²) in [4.78, 5) is 0. The summed E-state index contributed by atoms with van der Waals surface area (Å²) in [5.41, 5.74) is 0.0213. The van der Waals surface area contributed by atoms with Crippen molar-refractivity contribution in [3.8, 4) is 0 Å². The van der Waals surface area contributed by atoms with Crippen molar-refractivity contribution in [2.45, 2.75) is 38.3 Å². The molecule has 0 aromatic carbocycles. The summed E-state index contributed by atoms with van der Waals surface area (Å²) in [6.07, 6.45) is 4.43. The van der Waals surface area contributed by atoms with E-state index in [1.807, 2.05) is 18.8 Å². The SMILES string of the molecule is CNC(CCC(C)(C)OC)CSC. The van der Waals surface area contributed by atoms with E-state index in [0.717, 1.165) is 6.42 Å². The average molecular weight is 205 g/mol. The minimum Gasteiger partial charge on any atom is -0.379 e. The Morgan fingerprint density at radius 1 is 1.46 bits per heavy atom. The van der Waals surface area contributed by atoms with Crippen molar-refractivity contribution in [2.75, 3.05) is 26.2 Å². The minimum atomic E-state index is 0.0213. The first-order valence-electron chi connectivity index (χ1n) is 4.77. The zero-order valence-electron chi connectivity index (χ0n) is 9.52. The van der Waals surface area contributed by atoms with Crippen molar-refractivity contribution in [1.82, 2.24) is 5.32 Å². The summed E-state index contributed by atoms with van der Waals surface area (Å²) in [6.45, 7) is 4.28. The Balaban J connectivity index is 3.70. The normalized spacial score (nSPS) is 14.5. The van der Waals surface area contributed by atoms with Crippen LogP contribution in [0.3, 0.4) is 0 Å². The molecule has 0 aliphatic rings. The fourth-order valence-corrected chi connectivity index (χ4v) is 1.87. The number of thioether (sulfide) groups is 1. The molecule has 3 heteroatoms. The fraction of sp³-hybridized carbons (Fsp3) is 1.00. The van der Waals surface area contributed by atoms with Crippen molar-refractivity contribution < 1.29 is 4.74 Å². The third-order valence-electron chi connectivity index (χ3n) is 2.42. The molecular weight excluding hydrogens is 182 g/mol. The molecule has 1 N–H and O–H groups in total. The van der Waals surface area contributed by atoms with E-state index in [4.69, 9.17) is 4.74 Å². The van der Waals surface area contributed by atoms with Crippen LogP contribution in [-0.2, 0) is 4.74 Å². The molecule has 0 radical (unpaired) electrons. The summed E-state index contributed by atoms with van der Waals surface area (Å²) in [7, 11) is 3.81. The standard InChI is InChI=1S/C10H23NOS/c1-10(2,12-4)7-6-9(11-3)8-13-5/h9,11H,6-8H2,1-5H3. The highest BCUT2D eigenvalue weighted by atomic mass is 32.2. The van der Waals surface area contributed by atoms with Crippen molar-refractivity contribution >= 4 is 11.8 Å². The van der Waals surface area contributed by atoms with Gasteiger partial charge in [-0.1, -0.05) is 0 Å². The van der Waals surface area contributed by atoms with E-state index < -0.39 is 0 Å². The summed E-state index contributed by atoms with van der Waals surface area (Å²) < 4.78 is 5.38. The summed E-state index contributed by atoms with van der Waals surface area (Å²) in [6, 6.07) is 0.615. The van der Waals surface area contributed by atoms with Crippen molar-refractivity contribution in [1.29, 1.82) is 0 Å². The van der Waals surface area contributed by atoms with E-state index in [9.17, 15) is 0 Å². The molecule has 0 amide bonds. The molecule has 2 nitrogen and oxygen atoms in total. The lowest BCUT2D eigenvalue weighted by atomic mass is 9.99. The van der Waals surface area contributed by atoms with Gasteiger partial charge in [0.15, 0.2) is 0 Å². The maximum atomic E-state index is 5.38. The topological polar surface area (TPSA) is 21.3 Å². The Morgan fingerprint density at radius 2 is 2.08 bits per heavy atom. The highest BCUT2D eigenvalue weighted by Gasteiger charge is 2.18. The summed E-state index contributed by atoms with van der Waals surface area (Å²) in [5, 5.41) is 3.32. The van der Waals surface area contributed by atoms with E-state index in [2.05, 4.69) is 25.4 Å². The third kappa shape index (κ3) is 6.36. The third-order valence-corrected chi connectivity index (χ3v) is 3.16. The molecule has 0 rings (SSSR count). The van der Waals surface area contributed by atoms with Crippen LogP contribution in [0.15, 0.2) is 0 Å². The largest absolute Gasteiger partial charge is 0.379 e. The molecular formula is C10H23NOS. The van der Waals surface area contributed by atoms with Crippen molar-refractivity contribution in [3.63, 3.8) is 0 Å². The van der Waals surface area contributed by atoms with E-state index in [1.165, 1.54) is 12.2 Å². The number of rotatable bonds is 7. The van der Waals surface area contributed by atoms with Crippen LogP contribution in [0.1, 0.15) is 26.7 Å². The van der Waals surface area contributed by atoms with Gasteiger partial charge >= 0.3 is 0 Å². The Morgan fingerprint density at radius 3 is 2.46 bits per heavy atom. The Labute approximate surface area is 86.8 Å². The van der Waals surface area contributed by atoms with Gasteiger partial charge in [0.1, 0.15) is 0 Å². The fourth-order valence-electron chi connectivity index (χ4n) is 1.14. The lowest BCUT2D eigenvalue weighted by molar-refractivity contribution is 0.0123. The highest BCUT2D eigenvalue weighted by molar-refractivity contribution is 7.98. The van der Waals surface area contributed by atoms with Gasteiger partial charge in [0.05, 0.1) is 5.60 Å². The first kappa shape index (κ1) is 13.3. The van der Waals surface area contributed by atoms with Crippen LogP contribution in [0.25, 0.3) is 0 Å². The maximum absolute atomic E-state index is 5.38. The van der Waals surface area contributed by atoms with Gasteiger partial charge < -0.3 is 10.1 Å². The molecule has 13 heavy (non-hydrogen) atoms. The van der Waals surface area contributed by atoms with Crippen LogP contribution >= 0.6 is 11.8 Å². The molecule has 0 saturated carbocycles. The molecule has 0 saturated heterocycles. The Bertz CT molecular complexity index is 128. The zero-order valence-corrected chi connectivity index (χ0v) is 10.3. The van der Waals surface area contributed by atoms with Gasteiger partial charge in [-0.3, -0.25) is 0 Å². The monoisotopic (exact) mass is 205 g/mol. The van der Waals surface area contributed by atoms with Gasteiger partial charge in [-0.05, 0) is 40.0 Å². The molecule has 0 aliphatic carbocycles. The van der Waals surface area contributed by atoms with Gasteiger partial charge in [0.25, 0.3) is 0 Å². The minimum absolute atomic E-state index is 0.0213. The number of ether oxygens (including phenoxy) is 1. The van der Waals surface area contributed by atoms with Crippen LogP contribution in [0.5, 0.6) is 0 Å². The first-order chi connectivity index (χ1) is 6.05. The number of nitrogens with one attached hydrogen (secondary N) is 1. The summed E-state index contributed by atoms with van der Waals surface area (Å²) in [5.74, 6) is 1.18. The molecule has 0 bridgehead atoms. The second-order valence-electron chi connectivity index (χ2n) is 3.94. The molecule has 0 aromatic heterocycles. The average Bonchev–Trinajstić information content (AvgIpc) is 2.12. The van der Waals surface area contributed by atoms with Gasteiger partial charge in [-0.2, -0.15) is 11.8 Å². The molecule has 0 heterocycles. The van der Waals surface area contributed by atoms with Crippen LogP contribution in [0, 0.1) is 0 Å². The smallest absolute Gasteiger partial charge is 0.0623 e. The van der Waals surface area contributed by atoms with E-state index in [1.54, 1.807) is 7.11 Å². The Hall–Kier alpha value is 0.270. The second-order valence-corrected chi connectivity index (χ2v) is 4.85. The van der Waals surface area contributed by atoms with Crippen molar-refractivity contribution in [2.24, 2.45) is 0 Å². The number of hydrogen-bond acceptors (Lipinski definition) is 3. The zero-order chi connectivity index (χ0) is 10.3. The van der Waals surface area contributed by atoms with Gasteiger partial charge in [0, 0.05) is 18.9 Å². The Kier molecular flexibility index (Phi) is 6.82. The van der Waals surface area contributed by atoms with Crippen molar-refractivity contribution in [3.05, 3.63) is 0 Å². The van der Waals surface area contributed by atoms with Crippen LogP contribution in [-0.4, -0.2) is 37.8 Å². The summed E-state index contributed by atoms with van der Waals surface area (Å²) >= 11 is 1.89. The van der Waals surface area contributed by atoms with Crippen LogP contribution < -0.4 is 5.32 Å². The molecule has 0 aliphatic heterocycles. The lowest BCUT2D eigenvalue weighted by Crippen LogP contribution is -2.32. The van der Waals surface area contributed by atoms with E-state index >= 15 is 0 Å². The first-order valence-corrected chi connectivity index (χ1v) is 6.16. The molecule has 80 valence electrons. The molecule has 1 unspecified atom stereocenters. The quantitative estimate of drug-likeness (QED) is 0.688. The highest BCUT2D eigenvalue weighted by Crippen LogP contribution is 2.17. The molecule has 0 fully saturated rings. The molecule has 0 aromatic rings. The van der Waals surface area contributed by atoms with Crippen LogP contribution in [0.4, 0.5) is 0 Å². The lowest BCUT2D eigenvalue weighted by Gasteiger charge is -2.25.